The maximum atomic E-state index is 11.0. The smallest absolute Gasteiger partial charge is 0.216 e. The van der Waals surface area contributed by atoms with Crippen molar-refractivity contribution in [3.63, 3.8) is 0 Å². The van der Waals surface area contributed by atoms with Crippen LogP contribution in [0.2, 0.25) is 0 Å². The first-order valence-electron chi connectivity index (χ1n) is 8.81. The van der Waals surface area contributed by atoms with Gasteiger partial charge in [-0.15, -0.1) is 0 Å². The lowest BCUT2D eigenvalue weighted by molar-refractivity contribution is -0.118. The van der Waals surface area contributed by atoms with Crippen molar-refractivity contribution in [3.8, 4) is 23.0 Å². The largest absolute Gasteiger partial charge is 0.497 e. The maximum Gasteiger partial charge on any atom is 0.216 e. The highest BCUT2D eigenvalue weighted by atomic mass is 16.5. The normalized spacial score (nSPS) is 10.2. The van der Waals surface area contributed by atoms with Gasteiger partial charge in [0, 0.05) is 19.5 Å². The number of methoxy groups -OCH3 is 3. The Balaban J connectivity index is 2.09. The summed E-state index contributed by atoms with van der Waals surface area (Å²) in [6.45, 7) is 2.53. The quantitative estimate of drug-likeness (QED) is 0.647. The summed E-state index contributed by atoms with van der Waals surface area (Å²) >= 11 is 0. The van der Waals surface area contributed by atoms with Gasteiger partial charge in [0.15, 0.2) is 0 Å². The maximum absolute atomic E-state index is 11.0. The zero-order valence-electron chi connectivity index (χ0n) is 16.3. The van der Waals surface area contributed by atoms with E-state index in [1.165, 1.54) is 6.92 Å². The van der Waals surface area contributed by atoms with Crippen molar-refractivity contribution in [2.24, 2.45) is 0 Å². The van der Waals surface area contributed by atoms with Crippen LogP contribution in [0.5, 0.6) is 23.0 Å². The van der Waals surface area contributed by atoms with Gasteiger partial charge in [-0.1, -0.05) is 0 Å². The molecular formula is C21H27NO5. The second kappa shape index (κ2) is 10.3. The summed E-state index contributed by atoms with van der Waals surface area (Å²) in [7, 11) is 4.88. The SMILES string of the molecule is COc1cc(COc2ccc(OC)cc2CCCNC(C)=O)cc(OC)c1. The molecule has 0 saturated heterocycles. The Kier molecular flexibility index (Phi) is 7.79. The van der Waals surface area contributed by atoms with E-state index in [-0.39, 0.29) is 5.91 Å². The molecule has 1 N–H and O–H groups in total. The van der Waals surface area contributed by atoms with Gasteiger partial charge in [0.2, 0.25) is 5.91 Å². The van der Waals surface area contributed by atoms with Gasteiger partial charge in [0.05, 0.1) is 21.3 Å². The second-order valence-electron chi connectivity index (χ2n) is 6.07. The van der Waals surface area contributed by atoms with Crippen LogP contribution in [0.15, 0.2) is 36.4 Å². The minimum atomic E-state index is -0.0240. The average Bonchev–Trinajstić information content (AvgIpc) is 2.69. The van der Waals surface area contributed by atoms with Gasteiger partial charge in [-0.3, -0.25) is 4.79 Å². The van der Waals surface area contributed by atoms with Crippen molar-refractivity contribution >= 4 is 5.91 Å². The van der Waals surface area contributed by atoms with Gasteiger partial charge in [-0.05, 0) is 54.3 Å². The number of hydrogen-bond acceptors (Lipinski definition) is 5. The number of rotatable bonds is 10. The minimum Gasteiger partial charge on any atom is -0.497 e. The number of amides is 1. The number of nitrogens with one attached hydrogen (secondary N) is 1. The molecule has 146 valence electrons. The van der Waals surface area contributed by atoms with Gasteiger partial charge < -0.3 is 24.3 Å². The fourth-order valence-corrected chi connectivity index (χ4v) is 2.67. The molecule has 27 heavy (non-hydrogen) atoms. The number of aryl methyl sites for hydroxylation is 1. The Morgan fingerprint density at radius 1 is 0.926 bits per heavy atom. The predicted molar refractivity (Wildman–Crippen MR) is 104 cm³/mol. The molecule has 6 heteroatoms. The average molecular weight is 373 g/mol. The first-order chi connectivity index (χ1) is 13.0. The van der Waals surface area contributed by atoms with E-state index in [4.69, 9.17) is 18.9 Å². The van der Waals surface area contributed by atoms with Crippen molar-refractivity contribution in [1.82, 2.24) is 5.32 Å². The summed E-state index contributed by atoms with van der Waals surface area (Å²) in [6, 6.07) is 11.4. The third kappa shape index (κ3) is 6.40. The molecule has 0 saturated carbocycles. The van der Waals surface area contributed by atoms with E-state index >= 15 is 0 Å². The molecule has 0 aliphatic heterocycles. The Bertz CT molecular complexity index is 738. The van der Waals surface area contributed by atoms with Crippen molar-refractivity contribution in [2.45, 2.75) is 26.4 Å². The lowest BCUT2D eigenvalue weighted by Gasteiger charge is -2.14. The number of benzene rings is 2. The number of carbonyl (C=O) groups is 1. The highest BCUT2D eigenvalue weighted by Crippen LogP contribution is 2.28. The predicted octanol–water partition coefficient (Wildman–Crippen LogP) is 3.36. The molecule has 2 aromatic rings. The monoisotopic (exact) mass is 373 g/mol. The summed E-state index contributed by atoms with van der Waals surface area (Å²) in [5.41, 5.74) is 1.99. The molecule has 0 heterocycles. The van der Waals surface area contributed by atoms with Gasteiger partial charge in [0.25, 0.3) is 0 Å². The molecule has 0 unspecified atom stereocenters. The molecule has 0 fully saturated rings. The molecule has 0 spiro atoms. The van der Waals surface area contributed by atoms with Gasteiger partial charge >= 0.3 is 0 Å². The number of hydrogen-bond donors (Lipinski definition) is 1. The van der Waals surface area contributed by atoms with E-state index < -0.39 is 0 Å². The van der Waals surface area contributed by atoms with Crippen LogP contribution in [0.3, 0.4) is 0 Å². The van der Waals surface area contributed by atoms with Crippen LogP contribution < -0.4 is 24.3 Å². The summed E-state index contributed by atoms with van der Waals surface area (Å²) in [4.78, 5) is 11.0. The summed E-state index contributed by atoms with van der Waals surface area (Å²) in [5.74, 6) is 2.99. The lowest BCUT2D eigenvalue weighted by Crippen LogP contribution is -2.21. The van der Waals surface area contributed by atoms with Crippen molar-refractivity contribution < 1.29 is 23.7 Å². The Labute approximate surface area is 160 Å². The van der Waals surface area contributed by atoms with Crippen molar-refractivity contribution in [1.29, 1.82) is 0 Å². The van der Waals surface area contributed by atoms with Crippen LogP contribution in [0.4, 0.5) is 0 Å². The summed E-state index contributed by atoms with van der Waals surface area (Å²) < 4.78 is 22.0. The van der Waals surface area contributed by atoms with Crippen LogP contribution in [-0.2, 0) is 17.8 Å². The molecular weight excluding hydrogens is 346 g/mol. The van der Waals surface area contributed by atoms with Crippen LogP contribution in [-0.4, -0.2) is 33.8 Å². The Morgan fingerprint density at radius 3 is 2.19 bits per heavy atom. The first-order valence-corrected chi connectivity index (χ1v) is 8.81. The van der Waals surface area contributed by atoms with Gasteiger partial charge in [0.1, 0.15) is 29.6 Å². The van der Waals surface area contributed by atoms with Crippen LogP contribution in [0, 0.1) is 0 Å². The summed E-state index contributed by atoms with van der Waals surface area (Å²) in [6.07, 6.45) is 1.59. The molecule has 2 aromatic carbocycles. The van der Waals surface area contributed by atoms with Crippen LogP contribution >= 0.6 is 0 Å². The highest BCUT2D eigenvalue weighted by Gasteiger charge is 2.08. The molecule has 0 atom stereocenters. The van der Waals surface area contributed by atoms with Crippen LogP contribution in [0.25, 0.3) is 0 Å². The molecule has 0 aliphatic carbocycles. The molecule has 6 nitrogen and oxygen atoms in total. The molecule has 0 radical (unpaired) electrons. The Morgan fingerprint density at radius 2 is 1.59 bits per heavy atom. The first kappa shape index (κ1) is 20.4. The molecule has 0 bridgehead atoms. The van der Waals surface area contributed by atoms with Gasteiger partial charge in [-0.25, -0.2) is 0 Å². The van der Waals surface area contributed by atoms with E-state index in [0.717, 1.165) is 47.0 Å². The van der Waals surface area contributed by atoms with Crippen LogP contribution in [0.1, 0.15) is 24.5 Å². The van der Waals surface area contributed by atoms with E-state index in [1.54, 1.807) is 21.3 Å². The topological polar surface area (TPSA) is 66.0 Å². The standard InChI is InChI=1S/C21H27NO5/c1-15(23)22-9-5-6-17-12-18(24-2)7-8-21(17)27-14-16-10-19(25-3)13-20(11-16)26-4/h7-8,10-13H,5-6,9,14H2,1-4H3,(H,22,23). The fourth-order valence-electron chi connectivity index (χ4n) is 2.67. The lowest BCUT2D eigenvalue weighted by atomic mass is 10.1. The van der Waals surface area contributed by atoms with E-state index in [2.05, 4.69) is 5.32 Å². The third-order valence-corrected chi connectivity index (χ3v) is 4.07. The van der Waals surface area contributed by atoms with E-state index in [1.807, 2.05) is 36.4 Å². The van der Waals surface area contributed by atoms with Crippen molar-refractivity contribution in [3.05, 3.63) is 47.5 Å². The second-order valence-corrected chi connectivity index (χ2v) is 6.07. The van der Waals surface area contributed by atoms with Crippen molar-refractivity contribution in [2.75, 3.05) is 27.9 Å². The zero-order chi connectivity index (χ0) is 19.6. The molecule has 1 amide bonds. The number of ether oxygens (including phenoxy) is 4. The molecule has 0 aliphatic rings. The zero-order valence-corrected chi connectivity index (χ0v) is 16.3. The highest BCUT2D eigenvalue weighted by molar-refractivity contribution is 5.72. The number of carbonyl (C=O) groups excluding carboxylic acids is 1. The Hall–Kier alpha value is -2.89. The minimum absolute atomic E-state index is 0.0240. The van der Waals surface area contributed by atoms with Gasteiger partial charge in [-0.2, -0.15) is 0 Å². The fraction of sp³-hybridized carbons (Fsp3) is 0.381. The van der Waals surface area contributed by atoms with E-state index in [0.29, 0.717) is 13.2 Å². The third-order valence-electron chi connectivity index (χ3n) is 4.07. The summed E-state index contributed by atoms with van der Waals surface area (Å²) in [5, 5.41) is 2.81. The molecule has 2 rings (SSSR count). The molecule has 0 aromatic heterocycles. The van der Waals surface area contributed by atoms with E-state index in [9.17, 15) is 4.79 Å².